The normalized spacial score (nSPS) is 13.5. The van der Waals surface area contributed by atoms with Gasteiger partial charge in [-0.1, -0.05) is 13.8 Å². The Balaban J connectivity index is 5.20. The molecule has 88 valence electrons. The molecule has 0 radical (unpaired) electrons. The first-order chi connectivity index (χ1) is 6.97. The predicted molar refractivity (Wildman–Crippen MR) is 53.7 cm³/mol. The molecule has 5 heteroatoms. The minimum atomic E-state index is -1.83. The zero-order chi connectivity index (χ0) is 12.1. The van der Waals surface area contributed by atoms with Crippen molar-refractivity contribution in [3.63, 3.8) is 0 Å². The summed E-state index contributed by atoms with van der Waals surface area (Å²) in [5.74, 6) is -2.67. The SMILES string of the molecule is CCOC(CC)C(CC)(C(=O)O)C(=O)O. The molecule has 0 heterocycles. The van der Waals surface area contributed by atoms with Crippen molar-refractivity contribution in [1.82, 2.24) is 0 Å². The molecule has 0 aliphatic rings. The fraction of sp³-hybridized carbons (Fsp3) is 0.800. The van der Waals surface area contributed by atoms with Crippen LogP contribution in [0.4, 0.5) is 0 Å². The second kappa shape index (κ2) is 5.70. The van der Waals surface area contributed by atoms with Gasteiger partial charge in [-0.05, 0) is 19.8 Å². The summed E-state index contributed by atoms with van der Waals surface area (Å²) in [6.45, 7) is 5.29. The number of hydrogen-bond acceptors (Lipinski definition) is 3. The Morgan fingerprint density at radius 2 is 1.67 bits per heavy atom. The lowest BCUT2D eigenvalue weighted by molar-refractivity contribution is -0.177. The van der Waals surface area contributed by atoms with E-state index in [1.165, 1.54) is 0 Å². The quantitative estimate of drug-likeness (QED) is 0.630. The van der Waals surface area contributed by atoms with Crippen LogP contribution in [0.1, 0.15) is 33.6 Å². The largest absolute Gasteiger partial charge is 0.480 e. The maximum atomic E-state index is 11.1. The Hall–Kier alpha value is -1.10. The molecular weight excluding hydrogens is 200 g/mol. The van der Waals surface area contributed by atoms with Crippen LogP contribution in [0.5, 0.6) is 0 Å². The van der Waals surface area contributed by atoms with Gasteiger partial charge in [-0.25, -0.2) is 0 Å². The van der Waals surface area contributed by atoms with Crippen LogP contribution in [0.15, 0.2) is 0 Å². The van der Waals surface area contributed by atoms with Gasteiger partial charge in [-0.2, -0.15) is 0 Å². The van der Waals surface area contributed by atoms with Gasteiger partial charge in [-0.3, -0.25) is 9.59 Å². The van der Waals surface area contributed by atoms with E-state index in [0.717, 1.165) is 0 Å². The summed E-state index contributed by atoms with van der Waals surface area (Å²) in [6, 6.07) is 0. The Bertz CT molecular complexity index is 222. The molecule has 0 saturated carbocycles. The van der Waals surface area contributed by atoms with E-state index in [1.54, 1.807) is 20.8 Å². The Kier molecular flexibility index (Phi) is 5.28. The van der Waals surface area contributed by atoms with Crippen molar-refractivity contribution in [2.45, 2.75) is 39.7 Å². The third-order valence-corrected chi connectivity index (χ3v) is 2.61. The van der Waals surface area contributed by atoms with Crippen molar-refractivity contribution >= 4 is 11.9 Å². The number of carbonyl (C=O) groups is 2. The van der Waals surface area contributed by atoms with Crippen molar-refractivity contribution in [3.05, 3.63) is 0 Å². The minimum Gasteiger partial charge on any atom is -0.480 e. The maximum absolute atomic E-state index is 11.1. The summed E-state index contributed by atoms with van der Waals surface area (Å²) in [6.07, 6.45) is -0.418. The molecule has 0 aromatic heterocycles. The minimum absolute atomic E-state index is 0.0101. The third kappa shape index (κ3) is 2.47. The molecule has 0 saturated heterocycles. The molecule has 0 aliphatic heterocycles. The molecule has 15 heavy (non-hydrogen) atoms. The number of ether oxygens (including phenoxy) is 1. The smallest absolute Gasteiger partial charge is 0.323 e. The van der Waals surface area contributed by atoms with Crippen LogP contribution in [0, 0.1) is 5.41 Å². The van der Waals surface area contributed by atoms with Gasteiger partial charge in [0.25, 0.3) is 0 Å². The topological polar surface area (TPSA) is 83.8 Å². The van der Waals surface area contributed by atoms with Gasteiger partial charge in [0.1, 0.15) is 0 Å². The summed E-state index contributed by atoms with van der Waals surface area (Å²) in [7, 11) is 0. The second-order valence-electron chi connectivity index (χ2n) is 3.29. The average Bonchev–Trinajstić information content (AvgIpc) is 2.17. The van der Waals surface area contributed by atoms with E-state index >= 15 is 0 Å². The van der Waals surface area contributed by atoms with Crippen LogP contribution in [0.25, 0.3) is 0 Å². The van der Waals surface area contributed by atoms with E-state index in [4.69, 9.17) is 14.9 Å². The number of carboxylic acid groups (broad SMARTS) is 2. The number of hydrogen-bond donors (Lipinski definition) is 2. The first kappa shape index (κ1) is 13.9. The lowest BCUT2D eigenvalue weighted by Crippen LogP contribution is -2.49. The Morgan fingerprint density at radius 1 is 1.20 bits per heavy atom. The summed E-state index contributed by atoms with van der Waals surface area (Å²) in [5.41, 5.74) is -1.83. The predicted octanol–water partition coefficient (Wildman–Crippen LogP) is 1.37. The molecule has 1 atom stereocenters. The molecule has 0 fully saturated rings. The van der Waals surface area contributed by atoms with E-state index in [-0.39, 0.29) is 6.42 Å². The van der Waals surface area contributed by atoms with Crippen LogP contribution >= 0.6 is 0 Å². The van der Waals surface area contributed by atoms with Crippen LogP contribution in [0.2, 0.25) is 0 Å². The Labute approximate surface area is 89.0 Å². The first-order valence-corrected chi connectivity index (χ1v) is 5.05. The van der Waals surface area contributed by atoms with E-state index in [2.05, 4.69) is 0 Å². The van der Waals surface area contributed by atoms with Crippen molar-refractivity contribution in [3.8, 4) is 0 Å². The fourth-order valence-electron chi connectivity index (χ4n) is 1.71. The molecule has 0 aliphatic carbocycles. The van der Waals surface area contributed by atoms with Crippen LogP contribution in [0.3, 0.4) is 0 Å². The molecule has 0 aromatic carbocycles. The second-order valence-corrected chi connectivity index (χ2v) is 3.29. The molecule has 0 spiro atoms. The molecule has 0 amide bonds. The van der Waals surface area contributed by atoms with Crippen molar-refractivity contribution < 1.29 is 24.5 Å². The van der Waals surface area contributed by atoms with E-state index in [9.17, 15) is 9.59 Å². The lowest BCUT2D eigenvalue weighted by atomic mass is 9.78. The van der Waals surface area contributed by atoms with E-state index < -0.39 is 23.5 Å². The molecule has 0 rings (SSSR count). The van der Waals surface area contributed by atoms with Gasteiger partial charge in [0, 0.05) is 6.61 Å². The highest BCUT2D eigenvalue weighted by Gasteiger charge is 2.51. The summed E-state index contributed by atoms with van der Waals surface area (Å²) in [4.78, 5) is 22.2. The highest BCUT2D eigenvalue weighted by Crippen LogP contribution is 2.31. The lowest BCUT2D eigenvalue weighted by Gasteiger charge is -2.31. The number of rotatable bonds is 7. The number of aliphatic carboxylic acids is 2. The number of carboxylic acids is 2. The zero-order valence-corrected chi connectivity index (χ0v) is 9.32. The van der Waals surface area contributed by atoms with Crippen LogP contribution in [-0.4, -0.2) is 34.9 Å². The van der Waals surface area contributed by atoms with Crippen LogP contribution in [-0.2, 0) is 14.3 Å². The summed E-state index contributed by atoms with van der Waals surface area (Å²) in [5, 5.41) is 18.1. The van der Waals surface area contributed by atoms with Gasteiger partial charge in [0.15, 0.2) is 5.41 Å². The summed E-state index contributed by atoms with van der Waals surface area (Å²) >= 11 is 0. The van der Waals surface area contributed by atoms with Crippen molar-refractivity contribution in [2.24, 2.45) is 5.41 Å². The molecule has 2 N–H and O–H groups in total. The van der Waals surface area contributed by atoms with Crippen molar-refractivity contribution in [2.75, 3.05) is 6.61 Å². The summed E-state index contributed by atoms with van der Waals surface area (Å²) < 4.78 is 5.21. The van der Waals surface area contributed by atoms with E-state index in [0.29, 0.717) is 13.0 Å². The molecule has 0 aromatic rings. The van der Waals surface area contributed by atoms with Crippen LogP contribution < -0.4 is 0 Å². The van der Waals surface area contributed by atoms with E-state index in [1.807, 2.05) is 0 Å². The third-order valence-electron chi connectivity index (χ3n) is 2.61. The average molecular weight is 218 g/mol. The van der Waals surface area contributed by atoms with Gasteiger partial charge >= 0.3 is 11.9 Å². The molecule has 5 nitrogen and oxygen atoms in total. The standard InChI is InChI=1S/C10H18O5/c1-4-7(15-6-3)10(5-2,8(11)12)9(13)14/h7H,4-6H2,1-3H3,(H,11,12)(H,13,14). The highest BCUT2D eigenvalue weighted by molar-refractivity contribution is 5.99. The molecule has 0 bridgehead atoms. The van der Waals surface area contributed by atoms with Gasteiger partial charge < -0.3 is 14.9 Å². The van der Waals surface area contributed by atoms with Gasteiger partial charge in [0.2, 0.25) is 0 Å². The highest BCUT2D eigenvalue weighted by atomic mass is 16.5. The molecular formula is C10H18O5. The zero-order valence-electron chi connectivity index (χ0n) is 9.32. The monoisotopic (exact) mass is 218 g/mol. The maximum Gasteiger partial charge on any atom is 0.323 e. The molecule has 1 unspecified atom stereocenters. The Morgan fingerprint density at radius 3 is 1.87 bits per heavy atom. The van der Waals surface area contributed by atoms with Gasteiger partial charge in [0.05, 0.1) is 6.10 Å². The van der Waals surface area contributed by atoms with Crippen molar-refractivity contribution in [1.29, 1.82) is 0 Å². The first-order valence-electron chi connectivity index (χ1n) is 5.05. The van der Waals surface area contributed by atoms with Gasteiger partial charge in [-0.15, -0.1) is 0 Å². The fourth-order valence-corrected chi connectivity index (χ4v) is 1.71.